The molecule has 0 amide bonds. The Hall–Kier alpha value is -3.02. The second-order valence-electron chi connectivity index (χ2n) is 6.47. The van der Waals surface area contributed by atoms with Gasteiger partial charge in [-0.2, -0.15) is 4.98 Å². The molecule has 0 radical (unpaired) electrons. The average Bonchev–Trinajstić information content (AvgIpc) is 3.52. The molecule has 140 valence electrons. The van der Waals surface area contributed by atoms with Gasteiger partial charge in [-0.05, 0) is 62.4 Å². The number of aryl methyl sites for hydroxylation is 2. The molecule has 0 bridgehead atoms. The molecule has 1 saturated carbocycles. The van der Waals surface area contributed by atoms with Gasteiger partial charge in [-0.25, -0.2) is 4.98 Å². The summed E-state index contributed by atoms with van der Waals surface area (Å²) in [6.45, 7) is 4.61. The van der Waals surface area contributed by atoms with Gasteiger partial charge in [0, 0.05) is 24.3 Å². The van der Waals surface area contributed by atoms with Crippen LogP contribution >= 0.6 is 0 Å². The van der Waals surface area contributed by atoms with Crippen molar-refractivity contribution in [2.45, 2.75) is 26.7 Å². The van der Waals surface area contributed by atoms with E-state index in [1.165, 1.54) is 12.8 Å². The van der Waals surface area contributed by atoms with Gasteiger partial charge in [0.15, 0.2) is 0 Å². The molecule has 0 atom stereocenters. The normalized spacial score (nSPS) is 12.7. The highest BCUT2D eigenvalue weighted by Crippen LogP contribution is 2.32. The Morgan fingerprint density at radius 1 is 1.07 bits per heavy atom. The summed E-state index contributed by atoms with van der Waals surface area (Å²) < 4.78 is 10.7. The Kier molecular flexibility index (Phi) is 6.30. The SMILES string of the molecule is COc1cccnc1.Cc1cc(-c2cnc(C)nc2OCC2CC2)ccn1. The first-order valence-electron chi connectivity index (χ1n) is 8.99. The molecule has 1 aliphatic rings. The molecule has 0 aliphatic heterocycles. The molecule has 3 aromatic heterocycles. The van der Waals surface area contributed by atoms with Crippen LogP contribution in [0, 0.1) is 19.8 Å². The monoisotopic (exact) mass is 364 g/mol. The highest BCUT2D eigenvalue weighted by atomic mass is 16.5. The Morgan fingerprint density at radius 3 is 2.56 bits per heavy atom. The number of rotatable bonds is 5. The van der Waals surface area contributed by atoms with Crippen LogP contribution in [0.2, 0.25) is 0 Å². The maximum atomic E-state index is 5.86. The van der Waals surface area contributed by atoms with Crippen LogP contribution in [-0.2, 0) is 0 Å². The molecule has 4 rings (SSSR count). The number of hydrogen-bond acceptors (Lipinski definition) is 6. The molecular formula is C21H24N4O2. The lowest BCUT2D eigenvalue weighted by molar-refractivity contribution is 0.288. The quantitative estimate of drug-likeness (QED) is 0.681. The summed E-state index contributed by atoms with van der Waals surface area (Å²) in [5.74, 6) is 2.93. The number of pyridine rings is 2. The van der Waals surface area contributed by atoms with Gasteiger partial charge in [-0.3, -0.25) is 9.97 Å². The minimum absolute atomic E-state index is 0.685. The first-order valence-corrected chi connectivity index (χ1v) is 8.99. The highest BCUT2D eigenvalue weighted by molar-refractivity contribution is 5.67. The van der Waals surface area contributed by atoms with E-state index in [4.69, 9.17) is 9.47 Å². The fourth-order valence-electron chi connectivity index (χ4n) is 2.42. The van der Waals surface area contributed by atoms with Crippen LogP contribution in [0.1, 0.15) is 24.4 Å². The van der Waals surface area contributed by atoms with Crippen LogP contribution in [-0.4, -0.2) is 33.7 Å². The van der Waals surface area contributed by atoms with E-state index in [1.807, 2.05) is 44.3 Å². The second-order valence-corrected chi connectivity index (χ2v) is 6.47. The first-order chi connectivity index (χ1) is 13.2. The molecule has 0 N–H and O–H groups in total. The maximum absolute atomic E-state index is 5.86. The lowest BCUT2D eigenvalue weighted by Crippen LogP contribution is -2.04. The summed E-state index contributed by atoms with van der Waals surface area (Å²) in [6.07, 6.45) is 9.55. The average molecular weight is 364 g/mol. The summed E-state index contributed by atoms with van der Waals surface area (Å²) in [6, 6.07) is 7.68. The predicted octanol–water partition coefficient (Wildman–Crippen LogP) is 4.03. The van der Waals surface area contributed by atoms with Gasteiger partial charge in [0.25, 0.3) is 0 Å². The molecule has 0 spiro atoms. The second kappa shape index (κ2) is 9.07. The molecule has 3 aromatic rings. The van der Waals surface area contributed by atoms with Crippen LogP contribution in [0.25, 0.3) is 11.1 Å². The minimum Gasteiger partial charge on any atom is -0.495 e. The van der Waals surface area contributed by atoms with Crippen LogP contribution in [0.4, 0.5) is 0 Å². The van der Waals surface area contributed by atoms with Crippen molar-refractivity contribution in [2.24, 2.45) is 5.92 Å². The van der Waals surface area contributed by atoms with E-state index < -0.39 is 0 Å². The van der Waals surface area contributed by atoms with Crippen molar-refractivity contribution < 1.29 is 9.47 Å². The molecule has 6 heteroatoms. The largest absolute Gasteiger partial charge is 0.495 e. The summed E-state index contributed by atoms with van der Waals surface area (Å²) in [5.41, 5.74) is 2.97. The molecule has 0 unspecified atom stereocenters. The zero-order valence-corrected chi connectivity index (χ0v) is 15.9. The van der Waals surface area contributed by atoms with Crippen LogP contribution in [0.3, 0.4) is 0 Å². The van der Waals surface area contributed by atoms with Gasteiger partial charge in [0.05, 0.1) is 25.5 Å². The topological polar surface area (TPSA) is 70.0 Å². The lowest BCUT2D eigenvalue weighted by atomic mass is 10.1. The lowest BCUT2D eigenvalue weighted by Gasteiger charge is -2.10. The van der Waals surface area contributed by atoms with E-state index in [0.29, 0.717) is 11.8 Å². The van der Waals surface area contributed by atoms with Crippen molar-refractivity contribution in [1.82, 2.24) is 19.9 Å². The van der Waals surface area contributed by atoms with Crippen molar-refractivity contribution in [2.75, 3.05) is 13.7 Å². The molecule has 0 saturated heterocycles. The predicted molar refractivity (Wildman–Crippen MR) is 104 cm³/mol. The van der Waals surface area contributed by atoms with Crippen molar-refractivity contribution in [3.63, 3.8) is 0 Å². The molecule has 3 heterocycles. The van der Waals surface area contributed by atoms with Gasteiger partial charge < -0.3 is 9.47 Å². The molecule has 27 heavy (non-hydrogen) atoms. The van der Waals surface area contributed by atoms with Crippen LogP contribution in [0.15, 0.2) is 49.1 Å². The van der Waals surface area contributed by atoms with E-state index in [0.717, 1.165) is 35.0 Å². The van der Waals surface area contributed by atoms with E-state index in [9.17, 15) is 0 Å². The molecule has 6 nitrogen and oxygen atoms in total. The van der Waals surface area contributed by atoms with Gasteiger partial charge in [-0.15, -0.1) is 0 Å². The number of hydrogen-bond donors (Lipinski definition) is 0. The first kappa shape index (κ1) is 18.8. The Balaban J connectivity index is 0.000000221. The maximum Gasteiger partial charge on any atom is 0.224 e. The van der Waals surface area contributed by atoms with Gasteiger partial charge in [0.1, 0.15) is 11.6 Å². The van der Waals surface area contributed by atoms with Crippen molar-refractivity contribution in [3.8, 4) is 22.8 Å². The Morgan fingerprint density at radius 2 is 1.93 bits per heavy atom. The number of methoxy groups -OCH3 is 1. The molecule has 1 aliphatic carbocycles. The molecule has 1 fully saturated rings. The Bertz CT molecular complexity index is 867. The third-order valence-electron chi connectivity index (χ3n) is 4.10. The van der Waals surface area contributed by atoms with Crippen LogP contribution in [0.5, 0.6) is 11.6 Å². The summed E-state index contributed by atoms with van der Waals surface area (Å²) in [4.78, 5) is 16.7. The number of ether oxygens (including phenoxy) is 2. The summed E-state index contributed by atoms with van der Waals surface area (Å²) in [5, 5.41) is 0. The fraction of sp³-hybridized carbons (Fsp3) is 0.333. The third-order valence-corrected chi connectivity index (χ3v) is 4.10. The van der Waals surface area contributed by atoms with Crippen molar-refractivity contribution >= 4 is 0 Å². The number of aromatic nitrogens is 4. The van der Waals surface area contributed by atoms with E-state index in [1.54, 1.807) is 25.7 Å². The summed E-state index contributed by atoms with van der Waals surface area (Å²) in [7, 11) is 1.62. The molecule has 0 aromatic carbocycles. The van der Waals surface area contributed by atoms with E-state index >= 15 is 0 Å². The van der Waals surface area contributed by atoms with Crippen molar-refractivity contribution in [1.29, 1.82) is 0 Å². The standard InChI is InChI=1S/C15H17N3O.C6H7NO/c1-10-7-13(5-6-16-10)14-8-17-11(2)18-15(14)19-9-12-3-4-12;1-8-6-3-2-4-7-5-6/h5-8,12H,3-4,9H2,1-2H3;2-5H,1H3. The number of nitrogens with zero attached hydrogens (tertiary/aromatic N) is 4. The van der Waals surface area contributed by atoms with Gasteiger partial charge >= 0.3 is 0 Å². The van der Waals surface area contributed by atoms with Crippen LogP contribution < -0.4 is 9.47 Å². The Labute approximate surface area is 159 Å². The van der Waals surface area contributed by atoms with E-state index in [2.05, 4.69) is 19.9 Å². The fourth-order valence-corrected chi connectivity index (χ4v) is 2.42. The third kappa shape index (κ3) is 5.74. The summed E-state index contributed by atoms with van der Waals surface area (Å²) >= 11 is 0. The smallest absolute Gasteiger partial charge is 0.224 e. The zero-order chi connectivity index (χ0) is 19.1. The van der Waals surface area contributed by atoms with Gasteiger partial charge in [0.2, 0.25) is 5.88 Å². The highest BCUT2D eigenvalue weighted by Gasteiger charge is 2.23. The minimum atomic E-state index is 0.685. The zero-order valence-electron chi connectivity index (χ0n) is 15.9. The van der Waals surface area contributed by atoms with E-state index in [-0.39, 0.29) is 0 Å². The van der Waals surface area contributed by atoms with Crippen molar-refractivity contribution in [3.05, 3.63) is 60.6 Å². The van der Waals surface area contributed by atoms with Gasteiger partial charge in [-0.1, -0.05) is 0 Å². The molecular weight excluding hydrogens is 340 g/mol.